The molecule has 1 heterocycles. The third-order valence-electron chi connectivity index (χ3n) is 4.65. The molecule has 1 aliphatic heterocycles. The monoisotopic (exact) mass is 411 g/mol. The van der Waals surface area contributed by atoms with E-state index in [0.29, 0.717) is 0 Å². The summed E-state index contributed by atoms with van der Waals surface area (Å²) in [6.45, 7) is 7.75. The van der Waals surface area contributed by atoms with Gasteiger partial charge in [0.2, 0.25) is 15.9 Å². The predicted molar refractivity (Wildman–Crippen MR) is 105 cm³/mol. The second-order valence-electron chi connectivity index (χ2n) is 7.75. The first kappa shape index (κ1) is 22.3. The summed E-state index contributed by atoms with van der Waals surface area (Å²) in [5, 5.41) is 5.25. The number of sulfonamides is 1. The molecule has 0 bridgehead atoms. The molecule has 1 aromatic carbocycles. The quantitative estimate of drug-likeness (QED) is 0.726. The minimum absolute atomic E-state index is 0.0620. The van der Waals surface area contributed by atoms with E-state index in [2.05, 4.69) is 10.6 Å². The number of rotatable bonds is 6. The van der Waals surface area contributed by atoms with Gasteiger partial charge in [-0.1, -0.05) is 6.07 Å². The summed E-state index contributed by atoms with van der Waals surface area (Å²) in [5.74, 6) is -0.627. The van der Waals surface area contributed by atoms with E-state index in [4.69, 9.17) is 4.74 Å². The molecule has 0 spiro atoms. The smallest absolute Gasteiger partial charge is 0.251 e. The topological polar surface area (TPSA) is 105 Å². The maximum absolute atomic E-state index is 13.0. The van der Waals surface area contributed by atoms with E-state index in [0.717, 1.165) is 0 Å². The van der Waals surface area contributed by atoms with Gasteiger partial charge in [-0.3, -0.25) is 9.59 Å². The second-order valence-corrected chi connectivity index (χ2v) is 9.69. The first-order chi connectivity index (χ1) is 13.0. The molecule has 9 heteroatoms. The summed E-state index contributed by atoms with van der Waals surface area (Å²) in [6.07, 6.45) is -0.395. The van der Waals surface area contributed by atoms with Crippen LogP contribution in [0.3, 0.4) is 0 Å². The number of benzene rings is 1. The van der Waals surface area contributed by atoms with Gasteiger partial charge in [0, 0.05) is 32.2 Å². The lowest BCUT2D eigenvalue weighted by molar-refractivity contribution is -0.128. The first-order valence-electron chi connectivity index (χ1n) is 9.23. The van der Waals surface area contributed by atoms with Crippen LogP contribution in [-0.4, -0.2) is 63.4 Å². The Kier molecular flexibility index (Phi) is 6.84. The zero-order chi connectivity index (χ0) is 21.1. The number of nitrogens with zero attached hydrogens (tertiary/aromatic N) is 1. The lowest BCUT2D eigenvalue weighted by Crippen LogP contribution is -2.48. The summed E-state index contributed by atoms with van der Waals surface area (Å²) in [5.41, 5.74) is -0.558. The van der Waals surface area contributed by atoms with Crippen molar-refractivity contribution in [3.05, 3.63) is 29.8 Å². The number of carbonyl (C=O) groups is 2. The van der Waals surface area contributed by atoms with E-state index in [9.17, 15) is 18.0 Å². The van der Waals surface area contributed by atoms with Crippen molar-refractivity contribution in [1.82, 2.24) is 14.9 Å². The van der Waals surface area contributed by atoms with Crippen LogP contribution in [0.25, 0.3) is 0 Å². The van der Waals surface area contributed by atoms with Crippen molar-refractivity contribution in [3.63, 3.8) is 0 Å². The fraction of sp³-hybridized carbons (Fsp3) is 0.579. The molecule has 156 valence electrons. The molecule has 0 aliphatic carbocycles. The van der Waals surface area contributed by atoms with Crippen molar-refractivity contribution < 1.29 is 22.7 Å². The molecule has 0 unspecified atom stereocenters. The van der Waals surface area contributed by atoms with Crippen LogP contribution >= 0.6 is 0 Å². The normalized spacial score (nSPS) is 21.2. The van der Waals surface area contributed by atoms with Crippen molar-refractivity contribution >= 4 is 21.8 Å². The third kappa shape index (κ3) is 5.09. The Labute approximate surface area is 166 Å². The molecule has 0 saturated carbocycles. The number of amides is 2. The molecule has 1 aliphatic rings. The van der Waals surface area contributed by atoms with Crippen LogP contribution in [0.4, 0.5) is 0 Å². The number of nitrogens with one attached hydrogen (secondary N) is 2. The molecule has 1 fully saturated rings. The average molecular weight is 412 g/mol. The highest BCUT2D eigenvalue weighted by Crippen LogP contribution is 2.22. The van der Waals surface area contributed by atoms with Crippen molar-refractivity contribution in [3.8, 4) is 0 Å². The lowest BCUT2D eigenvalue weighted by Gasteiger charge is -2.34. The molecule has 2 atom stereocenters. The van der Waals surface area contributed by atoms with Gasteiger partial charge in [0.25, 0.3) is 5.91 Å². The van der Waals surface area contributed by atoms with Gasteiger partial charge in [0.1, 0.15) is 0 Å². The summed E-state index contributed by atoms with van der Waals surface area (Å²) >= 11 is 0. The SMILES string of the molecule is CNC(=O)C(C)(C)CNC(=O)c1cccc(S(=O)(=O)N2C[C@@H](C)O[C@@H](C)C2)c1. The van der Waals surface area contributed by atoms with E-state index in [1.54, 1.807) is 26.0 Å². The van der Waals surface area contributed by atoms with Gasteiger partial charge in [-0.2, -0.15) is 4.31 Å². The Morgan fingerprint density at radius 2 is 1.82 bits per heavy atom. The Balaban J connectivity index is 2.17. The van der Waals surface area contributed by atoms with Gasteiger partial charge in [-0.25, -0.2) is 8.42 Å². The van der Waals surface area contributed by atoms with Gasteiger partial charge >= 0.3 is 0 Å². The number of carbonyl (C=O) groups excluding carboxylic acids is 2. The maximum atomic E-state index is 13.0. The van der Waals surface area contributed by atoms with Crippen LogP contribution in [0.2, 0.25) is 0 Å². The highest BCUT2D eigenvalue weighted by atomic mass is 32.2. The molecule has 8 nitrogen and oxygen atoms in total. The van der Waals surface area contributed by atoms with Gasteiger partial charge in [0.05, 0.1) is 22.5 Å². The van der Waals surface area contributed by atoms with Crippen LogP contribution in [-0.2, 0) is 19.6 Å². The highest BCUT2D eigenvalue weighted by molar-refractivity contribution is 7.89. The van der Waals surface area contributed by atoms with Crippen LogP contribution < -0.4 is 10.6 Å². The Morgan fingerprint density at radius 3 is 2.39 bits per heavy atom. The van der Waals surface area contributed by atoms with Crippen LogP contribution in [0.15, 0.2) is 29.2 Å². The first-order valence-corrected chi connectivity index (χ1v) is 10.7. The molecule has 28 heavy (non-hydrogen) atoms. The summed E-state index contributed by atoms with van der Waals surface area (Å²) in [7, 11) is -2.20. The molecular formula is C19H29N3O5S. The van der Waals surface area contributed by atoms with Crippen LogP contribution in [0, 0.1) is 5.41 Å². The number of morpholine rings is 1. The van der Waals surface area contributed by atoms with E-state index < -0.39 is 21.3 Å². The molecular weight excluding hydrogens is 382 g/mol. The largest absolute Gasteiger partial charge is 0.373 e. The Bertz CT molecular complexity index is 828. The molecule has 2 rings (SSSR count). The zero-order valence-corrected chi connectivity index (χ0v) is 17.8. The maximum Gasteiger partial charge on any atom is 0.251 e. The van der Waals surface area contributed by atoms with Crippen LogP contribution in [0.1, 0.15) is 38.1 Å². The minimum atomic E-state index is -3.74. The lowest BCUT2D eigenvalue weighted by atomic mass is 9.92. The van der Waals surface area contributed by atoms with Crippen molar-refractivity contribution in [2.45, 2.75) is 44.8 Å². The Hall–Kier alpha value is -1.97. The number of hydrogen-bond acceptors (Lipinski definition) is 5. The van der Waals surface area contributed by atoms with E-state index >= 15 is 0 Å². The van der Waals surface area contributed by atoms with Gasteiger partial charge in [0.15, 0.2) is 0 Å². The van der Waals surface area contributed by atoms with Crippen molar-refractivity contribution in [1.29, 1.82) is 0 Å². The molecule has 0 radical (unpaired) electrons. The van der Waals surface area contributed by atoms with E-state index in [1.165, 1.54) is 23.5 Å². The van der Waals surface area contributed by atoms with E-state index in [-0.39, 0.29) is 48.2 Å². The fourth-order valence-electron chi connectivity index (χ4n) is 3.10. The predicted octanol–water partition coefficient (Wildman–Crippen LogP) is 0.986. The van der Waals surface area contributed by atoms with Gasteiger partial charge < -0.3 is 15.4 Å². The van der Waals surface area contributed by atoms with Crippen molar-refractivity contribution in [2.24, 2.45) is 5.41 Å². The number of ether oxygens (including phenoxy) is 1. The van der Waals surface area contributed by atoms with E-state index in [1.807, 2.05) is 13.8 Å². The highest BCUT2D eigenvalue weighted by Gasteiger charge is 2.32. The Morgan fingerprint density at radius 1 is 1.21 bits per heavy atom. The fourth-order valence-corrected chi connectivity index (χ4v) is 4.73. The average Bonchev–Trinajstić information content (AvgIpc) is 2.64. The standard InChI is InChI=1S/C19H29N3O5S/c1-13-10-22(11-14(2)27-13)28(25,26)16-8-6-7-15(9-16)17(23)21-12-19(3,4)18(24)20-5/h6-9,13-14H,10-12H2,1-5H3,(H,20,24)(H,21,23)/t13-,14+. The second kappa shape index (κ2) is 8.59. The van der Waals surface area contributed by atoms with Gasteiger partial charge in [-0.05, 0) is 45.9 Å². The minimum Gasteiger partial charge on any atom is -0.373 e. The third-order valence-corrected chi connectivity index (χ3v) is 6.48. The summed E-state index contributed by atoms with van der Waals surface area (Å²) in [4.78, 5) is 24.4. The molecule has 2 N–H and O–H groups in total. The van der Waals surface area contributed by atoms with Crippen LogP contribution in [0.5, 0.6) is 0 Å². The molecule has 1 saturated heterocycles. The zero-order valence-electron chi connectivity index (χ0n) is 17.0. The molecule has 0 aromatic heterocycles. The van der Waals surface area contributed by atoms with Gasteiger partial charge in [-0.15, -0.1) is 0 Å². The number of hydrogen-bond donors (Lipinski definition) is 2. The molecule has 2 amide bonds. The summed E-state index contributed by atoms with van der Waals surface area (Å²) < 4.78 is 33.0. The molecule has 1 aromatic rings. The summed E-state index contributed by atoms with van der Waals surface area (Å²) in [6, 6.07) is 5.93. The van der Waals surface area contributed by atoms with Crippen molar-refractivity contribution in [2.75, 3.05) is 26.7 Å².